The zero-order valence-corrected chi connectivity index (χ0v) is 10.6. The Morgan fingerprint density at radius 1 is 1.19 bits per heavy atom. The average molecular weight is 231 g/mol. The van der Waals surface area contributed by atoms with Crippen molar-refractivity contribution in [2.45, 2.75) is 19.4 Å². The van der Waals surface area contributed by atoms with Crippen molar-refractivity contribution in [3.05, 3.63) is 57.8 Å². The minimum Gasteiger partial charge on any atom is -0.313 e. The lowest BCUT2D eigenvalue weighted by molar-refractivity contribution is 0.593. The summed E-state index contributed by atoms with van der Waals surface area (Å²) in [5.74, 6) is 0. The van der Waals surface area contributed by atoms with Crippen LogP contribution in [0.5, 0.6) is 0 Å². The molecule has 2 heteroatoms. The van der Waals surface area contributed by atoms with Crippen molar-refractivity contribution in [3.63, 3.8) is 0 Å². The molecule has 1 aromatic heterocycles. The van der Waals surface area contributed by atoms with Crippen LogP contribution >= 0.6 is 11.3 Å². The SMILES string of the molecule is CNC(Cc1ccsc1)c1ccc(C)cc1. The molecule has 0 radical (unpaired) electrons. The maximum atomic E-state index is 3.38. The highest BCUT2D eigenvalue weighted by Gasteiger charge is 2.09. The topological polar surface area (TPSA) is 12.0 Å². The normalized spacial score (nSPS) is 12.6. The van der Waals surface area contributed by atoms with Gasteiger partial charge in [-0.15, -0.1) is 0 Å². The Kier molecular flexibility index (Phi) is 3.75. The van der Waals surface area contributed by atoms with Gasteiger partial charge in [-0.25, -0.2) is 0 Å². The predicted molar refractivity (Wildman–Crippen MR) is 71.0 cm³/mol. The first kappa shape index (κ1) is 11.4. The summed E-state index contributed by atoms with van der Waals surface area (Å²) in [5.41, 5.74) is 4.08. The van der Waals surface area contributed by atoms with Gasteiger partial charge in [0.1, 0.15) is 0 Å². The third kappa shape index (κ3) is 2.71. The van der Waals surface area contributed by atoms with Gasteiger partial charge in [0, 0.05) is 6.04 Å². The molecule has 0 aliphatic heterocycles. The van der Waals surface area contributed by atoms with Crippen molar-refractivity contribution in [2.75, 3.05) is 7.05 Å². The molecule has 0 amide bonds. The lowest BCUT2D eigenvalue weighted by atomic mass is 10.00. The third-order valence-corrected chi connectivity index (χ3v) is 3.58. The summed E-state index contributed by atoms with van der Waals surface area (Å²) in [6, 6.07) is 11.4. The summed E-state index contributed by atoms with van der Waals surface area (Å²) >= 11 is 1.76. The van der Waals surface area contributed by atoms with Crippen LogP contribution in [-0.2, 0) is 6.42 Å². The molecule has 1 unspecified atom stereocenters. The van der Waals surface area contributed by atoms with Crippen LogP contribution in [0.3, 0.4) is 0 Å². The molecule has 1 N–H and O–H groups in total. The largest absolute Gasteiger partial charge is 0.313 e. The van der Waals surface area contributed by atoms with E-state index in [0.717, 1.165) is 6.42 Å². The molecular formula is C14H17NS. The van der Waals surface area contributed by atoms with Gasteiger partial charge in [-0.3, -0.25) is 0 Å². The highest BCUT2D eigenvalue weighted by atomic mass is 32.1. The molecule has 0 aliphatic carbocycles. The number of likely N-dealkylation sites (N-methyl/N-ethyl adjacent to an activating group) is 1. The Balaban J connectivity index is 2.13. The first-order valence-electron chi connectivity index (χ1n) is 5.54. The van der Waals surface area contributed by atoms with E-state index in [1.54, 1.807) is 11.3 Å². The van der Waals surface area contributed by atoms with Gasteiger partial charge in [-0.05, 0) is 48.3 Å². The second-order valence-electron chi connectivity index (χ2n) is 4.09. The lowest BCUT2D eigenvalue weighted by Gasteiger charge is -2.16. The molecule has 0 spiro atoms. The summed E-state index contributed by atoms with van der Waals surface area (Å²) in [6.07, 6.45) is 1.06. The molecule has 1 heterocycles. The Hall–Kier alpha value is -1.12. The summed E-state index contributed by atoms with van der Waals surface area (Å²) in [5, 5.41) is 7.74. The predicted octanol–water partition coefficient (Wildman–Crippen LogP) is 3.56. The van der Waals surface area contributed by atoms with E-state index in [2.05, 4.69) is 53.3 Å². The second-order valence-corrected chi connectivity index (χ2v) is 4.87. The summed E-state index contributed by atoms with van der Waals surface area (Å²) in [6.45, 7) is 2.12. The van der Waals surface area contributed by atoms with Gasteiger partial charge >= 0.3 is 0 Å². The van der Waals surface area contributed by atoms with E-state index in [0.29, 0.717) is 6.04 Å². The van der Waals surface area contributed by atoms with E-state index in [9.17, 15) is 0 Å². The van der Waals surface area contributed by atoms with Crippen LogP contribution in [0.15, 0.2) is 41.1 Å². The van der Waals surface area contributed by atoms with E-state index in [1.165, 1.54) is 16.7 Å². The smallest absolute Gasteiger partial charge is 0.0358 e. The number of hydrogen-bond donors (Lipinski definition) is 1. The molecule has 84 valence electrons. The number of nitrogens with one attached hydrogen (secondary N) is 1. The quantitative estimate of drug-likeness (QED) is 0.848. The fourth-order valence-electron chi connectivity index (χ4n) is 1.83. The van der Waals surface area contributed by atoms with E-state index in [1.807, 2.05) is 7.05 Å². The summed E-state index contributed by atoms with van der Waals surface area (Å²) in [4.78, 5) is 0. The van der Waals surface area contributed by atoms with Gasteiger partial charge in [-0.2, -0.15) is 11.3 Å². The van der Waals surface area contributed by atoms with Crippen molar-refractivity contribution in [2.24, 2.45) is 0 Å². The monoisotopic (exact) mass is 231 g/mol. The van der Waals surface area contributed by atoms with E-state index >= 15 is 0 Å². The molecule has 1 nitrogen and oxygen atoms in total. The highest BCUT2D eigenvalue weighted by Crippen LogP contribution is 2.19. The third-order valence-electron chi connectivity index (χ3n) is 2.85. The van der Waals surface area contributed by atoms with Crippen LogP contribution in [-0.4, -0.2) is 7.05 Å². The standard InChI is InChI=1S/C14H17NS/c1-11-3-5-13(6-4-11)14(15-2)9-12-7-8-16-10-12/h3-8,10,14-15H,9H2,1-2H3. The van der Waals surface area contributed by atoms with Crippen molar-refractivity contribution >= 4 is 11.3 Å². The molecule has 0 saturated carbocycles. The number of rotatable bonds is 4. The van der Waals surface area contributed by atoms with Crippen LogP contribution in [0, 0.1) is 6.92 Å². The maximum Gasteiger partial charge on any atom is 0.0358 e. The Morgan fingerprint density at radius 3 is 2.50 bits per heavy atom. The number of hydrogen-bond acceptors (Lipinski definition) is 2. The first-order valence-corrected chi connectivity index (χ1v) is 6.49. The van der Waals surface area contributed by atoms with Crippen LogP contribution in [0.4, 0.5) is 0 Å². The van der Waals surface area contributed by atoms with Crippen LogP contribution < -0.4 is 5.32 Å². The first-order chi connectivity index (χ1) is 7.79. The van der Waals surface area contributed by atoms with Crippen LogP contribution in [0.1, 0.15) is 22.7 Å². The number of aryl methyl sites for hydroxylation is 1. The molecule has 2 rings (SSSR count). The van der Waals surface area contributed by atoms with Gasteiger partial charge in [0.25, 0.3) is 0 Å². The van der Waals surface area contributed by atoms with Crippen molar-refractivity contribution in [3.8, 4) is 0 Å². The fraction of sp³-hybridized carbons (Fsp3) is 0.286. The van der Waals surface area contributed by atoms with Crippen molar-refractivity contribution in [1.29, 1.82) is 0 Å². The van der Waals surface area contributed by atoms with Crippen LogP contribution in [0.2, 0.25) is 0 Å². The molecule has 0 aliphatic rings. The second kappa shape index (κ2) is 5.28. The van der Waals surface area contributed by atoms with Gasteiger partial charge in [-0.1, -0.05) is 29.8 Å². The fourth-order valence-corrected chi connectivity index (χ4v) is 2.51. The van der Waals surface area contributed by atoms with Crippen LogP contribution in [0.25, 0.3) is 0 Å². The zero-order chi connectivity index (χ0) is 11.4. The molecule has 0 saturated heterocycles. The van der Waals surface area contributed by atoms with E-state index in [4.69, 9.17) is 0 Å². The highest BCUT2D eigenvalue weighted by molar-refractivity contribution is 7.07. The lowest BCUT2D eigenvalue weighted by Crippen LogP contribution is -2.18. The molecule has 0 bridgehead atoms. The van der Waals surface area contributed by atoms with Crippen molar-refractivity contribution in [1.82, 2.24) is 5.32 Å². The molecule has 1 aromatic carbocycles. The van der Waals surface area contributed by atoms with Gasteiger partial charge in [0.15, 0.2) is 0 Å². The Morgan fingerprint density at radius 2 is 1.94 bits per heavy atom. The van der Waals surface area contributed by atoms with E-state index < -0.39 is 0 Å². The number of benzene rings is 1. The molecular weight excluding hydrogens is 214 g/mol. The average Bonchev–Trinajstić information content (AvgIpc) is 2.80. The minimum atomic E-state index is 0.412. The zero-order valence-electron chi connectivity index (χ0n) is 9.73. The summed E-state index contributed by atoms with van der Waals surface area (Å²) in [7, 11) is 2.02. The number of thiophene rings is 1. The molecule has 0 fully saturated rings. The maximum absolute atomic E-state index is 3.38. The molecule has 2 aromatic rings. The molecule has 1 atom stereocenters. The van der Waals surface area contributed by atoms with Gasteiger partial charge in [0.05, 0.1) is 0 Å². The minimum absolute atomic E-state index is 0.412. The summed E-state index contributed by atoms with van der Waals surface area (Å²) < 4.78 is 0. The van der Waals surface area contributed by atoms with Crippen molar-refractivity contribution < 1.29 is 0 Å². The van der Waals surface area contributed by atoms with Gasteiger partial charge in [0.2, 0.25) is 0 Å². The Bertz CT molecular complexity index is 417. The molecule has 16 heavy (non-hydrogen) atoms. The van der Waals surface area contributed by atoms with Gasteiger partial charge < -0.3 is 5.32 Å². The Labute approximate surface area is 101 Å². The van der Waals surface area contributed by atoms with E-state index in [-0.39, 0.29) is 0 Å².